The Kier molecular flexibility index (Phi) is 6.16. The van der Waals surface area contributed by atoms with Crippen molar-refractivity contribution in [3.05, 3.63) is 90.3 Å². The van der Waals surface area contributed by atoms with Gasteiger partial charge in [0.05, 0.1) is 6.16 Å². The fourth-order valence-electron chi connectivity index (χ4n) is 2.70. The summed E-state index contributed by atoms with van der Waals surface area (Å²) in [5, 5.41) is 2.72. The van der Waals surface area contributed by atoms with E-state index in [1.165, 1.54) is 6.08 Å². The number of hydrogen-bond donors (Lipinski definition) is 3. The van der Waals surface area contributed by atoms with Crippen molar-refractivity contribution in [1.29, 1.82) is 0 Å². The molecule has 3 aromatic rings. The Morgan fingerprint density at radius 2 is 1.75 bits per heavy atom. The highest BCUT2D eigenvalue weighted by molar-refractivity contribution is 7.50. The molecule has 0 saturated carbocycles. The molecule has 0 bridgehead atoms. The van der Waals surface area contributed by atoms with Crippen molar-refractivity contribution in [3.8, 4) is 11.1 Å². The first kappa shape index (κ1) is 19.7. The largest absolute Gasteiger partial charge is 0.329 e. The molecule has 28 heavy (non-hydrogen) atoms. The maximum absolute atomic E-state index is 12.2. The van der Waals surface area contributed by atoms with Gasteiger partial charge in [0.25, 0.3) is 0 Å². The van der Waals surface area contributed by atoms with Crippen LogP contribution >= 0.6 is 7.60 Å². The van der Waals surface area contributed by atoms with E-state index in [4.69, 9.17) is 9.79 Å². The van der Waals surface area contributed by atoms with E-state index in [0.717, 1.165) is 16.7 Å². The van der Waals surface area contributed by atoms with Crippen molar-refractivity contribution in [2.75, 3.05) is 5.32 Å². The lowest BCUT2D eigenvalue weighted by Crippen LogP contribution is -2.07. The van der Waals surface area contributed by atoms with E-state index in [1.54, 1.807) is 42.7 Å². The molecule has 7 heteroatoms. The molecule has 0 aliphatic rings. The van der Waals surface area contributed by atoms with Gasteiger partial charge in [-0.2, -0.15) is 0 Å². The van der Waals surface area contributed by atoms with Gasteiger partial charge in [-0.25, -0.2) is 0 Å². The Balaban J connectivity index is 1.69. The van der Waals surface area contributed by atoms with Crippen LogP contribution in [-0.2, 0) is 15.5 Å². The van der Waals surface area contributed by atoms with Gasteiger partial charge >= 0.3 is 7.60 Å². The van der Waals surface area contributed by atoms with Gasteiger partial charge in [0.2, 0.25) is 5.91 Å². The number of rotatable bonds is 6. The van der Waals surface area contributed by atoms with Crippen LogP contribution in [-0.4, -0.2) is 20.7 Å². The van der Waals surface area contributed by atoms with E-state index in [1.807, 2.05) is 36.4 Å². The molecular formula is C21H19N2O4P. The third-order valence-corrected chi connectivity index (χ3v) is 4.74. The second kappa shape index (κ2) is 8.76. The van der Waals surface area contributed by atoms with Crippen LogP contribution < -0.4 is 5.32 Å². The second-order valence-corrected chi connectivity index (χ2v) is 7.82. The Morgan fingerprint density at radius 1 is 1.04 bits per heavy atom. The van der Waals surface area contributed by atoms with Crippen LogP contribution in [0.3, 0.4) is 0 Å². The van der Waals surface area contributed by atoms with Gasteiger partial charge < -0.3 is 15.1 Å². The zero-order valence-corrected chi connectivity index (χ0v) is 15.8. The van der Waals surface area contributed by atoms with Gasteiger partial charge in [-0.3, -0.25) is 14.3 Å². The molecule has 0 atom stereocenters. The summed E-state index contributed by atoms with van der Waals surface area (Å²) in [7, 11) is -4.11. The summed E-state index contributed by atoms with van der Waals surface area (Å²) < 4.78 is 11.0. The van der Waals surface area contributed by atoms with Gasteiger partial charge in [0.15, 0.2) is 0 Å². The van der Waals surface area contributed by atoms with E-state index in [2.05, 4.69) is 10.3 Å². The Hall–Kier alpha value is -3.05. The number of pyridine rings is 1. The second-order valence-electron chi connectivity index (χ2n) is 6.17. The van der Waals surface area contributed by atoms with Gasteiger partial charge in [-0.15, -0.1) is 0 Å². The topological polar surface area (TPSA) is 99.5 Å². The minimum atomic E-state index is -4.11. The van der Waals surface area contributed by atoms with Gasteiger partial charge in [-0.1, -0.05) is 42.5 Å². The van der Waals surface area contributed by atoms with E-state index < -0.39 is 7.60 Å². The molecule has 0 unspecified atom stereocenters. The van der Waals surface area contributed by atoms with E-state index >= 15 is 0 Å². The summed E-state index contributed by atoms with van der Waals surface area (Å²) in [6.07, 6.45) is 6.20. The number of hydrogen-bond acceptors (Lipinski definition) is 3. The third-order valence-electron chi connectivity index (χ3n) is 3.96. The first-order valence-electron chi connectivity index (χ1n) is 8.53. The summed E-state index contributed by atoms with van der Waals surface area (Å²) in [6.45, 7) is 0. The summed E-state index contributed by atoms with van der Waals surface area (Å²) in [4.78, 5) is 34.3. The Labute approximate surface area is 162 Å². The van der Waals surface area contributed by atoms with E-state index in [9.17, 15) is 9.36 Å². The molecule has 6 nitrogen and oxygen atoms in total. The number of benzene rings is 2. The lowest BCUT2D eigenvalue weighted by atomic mass is 10.0. The molecule has 3 N–H and O–H groups in total. The summed E-state index contributed by atoms with van der Waals surface area (Å²) >= 11 is 0. The van der Waals surface area contributed by atoms with E-state index in [-0.39, 0.29) is 12.1 Å². The maximum Gasteiger partial charge on any atom is 0.329 e. The van der Waals surface area contributed by atoms with Crippen LogP contribution in [0.4, 0.5) is 5.69 Å². The number of amides is 1. The molecule has 0 spiro atoms. The molecule has 1 amide bonds. The van der Waals surface area contributed by atoms with Crippen LogP contribution in [0.2, 0.25) is 0 Å². The monoisotopic (exact) mass is 394 g/mol. The summed E-state index contributed by atoms with van der Waals surface area (Å²) in [6, 6.07) is 18.1. The molecule has 0 radical (unpaired) electrons. The van der Waals surface area contributed by atoms with Crippen LogP contribution in [0.15, 0.2) is 79.1 Å². The zero-order chi connectivity index (χ0) is 20.0. The predicted molar refractivity (Wildman–Crippen MR) is 110 cm³/mol. The van der Waals surface area contributed by atoms with Gasteiger partial charge in [0.1, 0.15) is 0 Å². The number of aromatic nitrogens is 1. The molecule has 0 aliphatic carbocycles. The molecule has 2 aromatic carbocycles. The quantitative estimate of drug-likeness (QED) is 0.432. The number of nitrogens with zero attached hydrogens (tertiary/aromatic N) is 1. The molecule has 0 saturated heterocycles. The molecule has 1 aromatic heterocycles. The van der Waals surface area contributed by atoms with Crippen molar-refractivity contribution < 1.29 is 19.1 Å². The number of nitrogens with one attached hydrogen (secondary N) is 1. The normalized spacial score (nSPS) is 11.5. The molecule has 142 valence electrons. The van der Waals surface area contributed by atoms with Crippen LogP contribution in [0.5, 0.6) is 0 Å². The molecule has 0 fully saturated rings. The minimum Gasteiger partial charge on any atom is -0.324 e. The van der Waals surface area contributed by atoms with Crippen molar-refractivity contribution in [2.45, 2.75) is 6.16 Å². The predicted octanol–water partition coefficient (Wildman–Crippen LogP) is 4.08. The van der Waals surface area contributed by atoms with Crippen molar-refractivity contribution in [1.82, 2.24) is 4.98 Å². The fourth-order valence-corrected chi connectivity index (χ4v) is 3.39. The Bertz CT molecular complexity index is 1030. The third kappa shape index (κ3) is 5.72. The smallest absolute Gasteiger partial charge is 0.324 e. The number of anilines is 1. The lowest BCUT2D eigenvalue weighted by Gasteiger charge is -2.07. The minimum absolute atomic E-state index is 0.314. The molecular weight excluding hydrogens is 375 g/mol. The lowest BCUT2D eigenvalue weighted by molar-refractivity contribution is -0.111. The van der Waals surface area contributed by atoms with Gasteiger partial charge in [-0.05, 0) is 41.0 Å². The Morgan fingerprint density at radius 3 is 2.43 bits per heavy atom. The average molecular weight is 394 g/mol. The fraction of sp³-hybridized carbons (Fsp3) is 0.0476. The van der Waals surface area contributed by atoms with Crippen LogP contribution in [0.1, 0.15) is 11.1 Å². The first-order chi connectivity index (χ1) is 13.4. The number of carbonyl (C=O) groups excluding carboxylic acids is 1. The molecule has 1 heterocycles. The molecule has 0 aliphatic heterocycles. The van der Waals surface area contributed by atoms with E-state index in [0.29, 0.717) is 11.3 Å². The molecule has 3 rings (SSSR count). The summed E-state index contributed by atoms with van der Waals surface area (Å²) in [5.41, 5.74) is 3.87. The standard InChI is InChI=1S/C21H19N2O4P/c24-21(23-19-9-6-16(7-10-19)15-28(25,26)27)11-8-18-14-22-13-12-20(18)17-4-2-1-3-5-17/h1-14H,15H2,(H,23,24)(H2,25,26,27). The highest BCUT2D eigenvalue weighted by atomic mass is 31.2. The average Bonchev–Trinajstić information content (AvgIpc) is 2.68. The van der Waals surface area contributed by atoms with Crippen molar-refractivity contribution >= 4 is 25.3 Å². The number of carbonyl (C=O) groups is 1. The van der Waals surface area contributed by atoms with Crippen LogP contribution in [0.25, 0.3) is 17.2 Å². The van der Waals surface area contributed by atoms with Crippen molar-refractivity contribution in [2.24, 2.45) is 0 Å². The highest BCUT2D eigenvalue weighted by Gasteiger charge is 2.13. The van der Waals surface area contributed by atoms with Crippen LogP contribution in [0, 0.1) is 0 Å². The zero-order valence-electron chi connectivity index (χ0n) is 14.9. The first-order valence-corrected chi connectivity index (χ1v) is 10.3. The van der Waals surface area contributed by atoms with Gasteiger partial charge in [0, 0.05) is 29.7 Å². The summed E-state index contributed by atoms with van der Waals surface area (Å²) in [5.74, 6) is -0.314. The maximum atomic E-state index is 12.2. The van der Waals surface area contributed by atoms with Crippen molar-refractivity contribution in [3.63, 3.8) is 0 Å². The SMILES string of the molecule is O=C(C=Cc1cnccc1-c1ccccc1)Nc1ccc(CP(=O)(O)O)cc1. The highest BCUT2D eigenvalue weighted by Crippen LogP contribution is 2.39.